The molecule has 2 unspecified atom stereocenters. The molecule has 0 spiro atoms. The van der Waals surface area contributed by atoms with E-state index in [-0.39, 0.29) is 35.5 Å². The molecule has 3 saturated carbocycles. The molecule has 0 heterocycles. The van der Waals surface area contributed by atoms with Crippen molar-refractivity contribution in [3.63, 3.8) is 0 Å². The molecule has 5 rings (SSSR count). The fraction of sp³-hybridized carbons (Fsp3) is 0.714. The Kier molecular flexibility index (Phi) is 4.91. The lowest BCUT2D eigenvalue weighted by atomic mass is 9.48. The summed E-state index contributed by atoms with van der Waals surface area (Å²) in [5.74, 6) is -4.93. The van der Waals surface area contributed by atoms with Crippen LogP contribution >= 0.6 is 0 Å². The number of methoxy groups -OCH3 is 4. The van der Waals surface area contributed by atoms with Crippen LogP contribution in [0.2, 0.25) is 0 Å². The summed E-state index contributed by atoms with van der Waals surface area (Å²) in [4.78, 5) is 50.5. The minimum absolute atomic E-state index is 0.00464. The van der Waals surface area contributed by atoms with Crippen molar-refractivity contribution in [2.24, 2.45) is 59.2 Å². The van der Waals surface area contributed by atoms with Crippen molar-refractivity contribution in [2.45, 2.75) is 6.42 Å². The van der Waals surface area contributed by atoms with E-state index in [2.05, 4.69) is 0 Å². The fourth-order valence-electron chi connectivity index (χ4n) is 7.09. The maximum Gasteiger partial charge on any atom is 0.310 e. The summed E-state index contributed by atoms with van der Waals surface area (Å²) < 4.78 is 20.1. The summed E-state index contributed by atoms with van der Waals surface area (Å²) in [6, 6.07) is 0. The smallest absolute Gasteiger partial charge is 0.310 e. The third kappa shape index (κ3) is 2.57. The van der Waals surface area contributed by atoms with Gasteiger partial charge in [-0.1, -0.05) is 12.2 Å². The maximum absolute atomic E-state index is 12.6. The van der Waals surface area contributed by atoms with Crippen LogP contribution in [0.15, 0.2) is 12.2 Å². The van der Waals surface area contributed by atoms with Gasteiger partial charge in [0.2, 0.25) is 0 Å². The molecule has 0 aromatic rings. The molecule has 8 nitrogen and oxygen atoms in total. The highest BCUT2D eigenvalue weighted by Gasteiger charge is 2.71. The van der Waals surface area contributed by atoms with Gasteiger partial charge in [0.25, 0.3) is 0 Å². The van der Waals surface area contributed by atoms with E-state index in [9.17, 15) is 19.2 Å². The van der Waals surface area contributed by atoms with Crippen LogP contribution in [0.3, 0.4) is 0 Å². The summed E-state index contributed by atoms with van der Waals surface area (Å²) in [6.45, 7) is 0. The molecule has 3 fully saturated rings. The van der Waals surface area contributed by atoms with Crippen LogP contribution in [0.4, 0.5) is 0 Å². The van der Waals surface area contributed by atoms with Crippen molar-refractivity contribution in [1.29, 1.82) is 0 Å². The zero-order valence-corrected chi connectivity index (χ0v) is 16.9. The number of esters is 4. The molecule has 5 aliphatic rings. The molecule has 0 saturated heterocycles. The van der Waals surface area contributed by atoms with E-state index in [4.69, 9.17) is 18.9 Å². The molecule has 10 atom stereocenters. The summed E-state index contributed by atoms with van der Waals surface area (Å²) in [5.41, 5.74) is 0. The Bertz CT molecular complexity index is 711. The largest absolute Gasteiger partial charge is 0.469 e. The molecule has 29 heavy (non-hydrogen) atoms. The van der Waals surface area contributed by atoms with Crippen LogP contribution in [0, 0.1) is 59.2 Å². The highest BCUT2D eigenvalue weighted by Crippen LogP contribution is 2.69. The first-order valence-electron chi connectivity index (χ1n) is 9.90. The maximum atomic E-state index is 12.6. The van der Waals surface area contributed by atoms with Crippen molar-refractivity contribution in [1.82, 2.24) is 0 Å². The minimum Gasteiger partial charge on any atom is -0.469 e. The van der Waals surface area contributed by atoms with Crippen molar-refractivity contribution in [2.75, 3.05) is 28.4 Å². The van der Waals surface area contributed by atoms with Gasteiger partial charge in [-0.2, -0.15) is 0 Å². The van der Waals surface area contributed by atoms with Crippen molar-refractivity contribution in [3.8, 4) is 0 Å². The minimum atomic E-state index is -0.655. The number of carbonyl (C=O) groups is 4. The molecule has 0 amide bonds. The topological polar surface area (TPSA) is 105 Å². The molecular formula is C21H26O8. The van der Waals surface area contributed by atoms with Crippen LogP contribution < -0.4 is 0 Å². The highest BCUT2D eigenvalue weighted by molar-refractivity contribution is 5.86. The number of allylic oxidation sites excluding steroid dienone is 2. The van der Waals surface area contributed by atoms with Gasteiger partial charge in [0, 0.05) is 0 Å². The van der Waals surface area contributed by atoms with Crippen LogP contribution in [0.1, 0.15) is 6.42 Å². The Morgan fingerprint density at radius 1 is 0.586 bits per heavy atom. The molecule has 158 valence electrons. The lowest BCUT2D eigenvalue weighted by Crippen LogP contribution is -2.58. The average Bonchev–Trinajstić information content (AvgIpc) is 3.34. The van der Waals surface area contributed by atoms with Gasteiger partial charge in [-0.3, -0.25) is 19.2 Å². The number of ether oxygens (including phenoxy) is 4. The molecule has 5 aliphatic carbocycles. The summed E-state index contributed by atoms with van der Waals surface area (Å²) in [6.07, 6.45) is 4.63. The standard InChI is InChI=1S/C21H26O8/c1-26-18(22)14-8-5-6-9(15(14)19(23)27-2)13-11-7-10(12(8)13)16(20(24)28-3)17(11)21(25)29-4/h5-6,8-17H,7H2,1-4H3/t8-,9+,10+,11-,12?,13?,14-,15+,16+,17-. The van der Waals surface area contributed by atoms with E-state index in [1.54, 1.807) is 0 Å². The van der Waals surface area contributed by atoms with E-state index in [0.717, 1.165) is 0 Å². The number of hydrogen-bond acceptors (Lipinski definition) is 8. The molecule has 0 N–H and O–H groups in total. The van der Waals surface area contributed by atoms with E-state index in [0.29, 0.717) is 6.42 Å². The first-order chi connectivity index (χ1) is 13.9. The zero-order chi connectivity index (χ0) is 21.0. The van der Waals surface area contributed by atoms with Crippen molar-refractivity contribution < 1.29 is 38.1 Å². The second-order valence-electron chi connectivity index (χ2n) is 8.45. The van der Waals surface area contributed by atoms with Crippen molar-refractivity contribution >= 4 is 23.9 Å². The molecule has 0 aliphatic heterocycles. The Balaban J connectivity index is 1.78. The van der Waals surface area contributed by atoms with Gasteiger partial charge >= 0.3 is 23.9 Å². The van der Waals surface area contributed by atoms with Crippen LogP contribution in [-0.2, 0) is 38.1 Å². The van der Waals surface area contributed by atoms with Crippen LogP contribution in [0.25, 0.3) is 0 Å². The molecule has 4 bridgehead atoms. The Labute approximate surface area is 168 Å². The monoisotopic (exact) mass is 406 g/mol. The quantitative estimate of drug-likeness (QED) is 0.384. The van der Waals surface area contributed by atoms with Gasteiger partial charge in [0.1, 0.15) is 0 Å². The van der Waals surface area contributed by atoms with E-state index >= 15 is 0 Å². The average molecular weight is 406 g/mol. The second kappa shape index (κ2) is 7.15. The lowest BCUT2D eigenvalue weighted by Gasteiger charge is -2.55. The molecule has 0 radical (unpaired) electrons. The SMILES string of the molecule is COC(=O)[C@@H]1[C@H](C(=O)OC)[C@@H]2C=C[C@H]1C1C2[C@@H]2C[C@H]1[C@@H](C(=O)OC)[C@H]2C(=O)OC. The number of carbonyl (C=O) groups excluding carboxylic acids is 4. The van der Waals surface area contributed by atoms with Gasteiger partial charge in [-0.25, -0.2) is 0 Å². The number of fused-ring (bicyclic) bond motifs is 3. The number of hydrogen-bond donors (Lipinski definition) is 0. The second-order valence-corrected chi connectivity index (χ2v) is 8.45. The predicted molar refractivity (Wildman–Crippen MR) is 96.7 cm³/mol. The molecule has 8 heteroatoms. The Morgan fingerprint density at radius 3 is 1.21 bits per heavy atom. The third-order valence-corrected chi connectivity index (χ3v) is 7.84. The van der Waals surface area contributed by atoms with E-state index in [1.807, 2.05) is 12.2 Å². The first kappa shape index (κ1) is 19.9. The first-order valence-corrected chi connectivity index (χ1v) is 9.90. The highest BCUT2D eigenvalue weighted by atomic mass is 16.5. The molecular weight excluding hydrogens is 380 g/mol. The predicted octanol–water partition coefficient (Wildman–Crippen LogP) is 0.841. The number of rotatable bonds is 4. The Morgan fingerprint density at radius 2 is 0.897 bits per heavy atom. The third-order valence-electron chi connectivity index (χ3n) is 7.84. The summed E-state index contributed by atoms with van der Waals surface area (Å²) in [7, 11) is 5.26. The molecule has 0 aromatic carbocycles. The van der Waals surface area contributed by atoms with Gasteiger partial charge in [0.15, 0.2) is 0 Å². The van der Waals surface area contributed by atoms with Crippen LogP contribution in [0.5, 0.6) is 0 Å². The summed E-state index contributed by atoms with van der Waals surface area (Å²) in [5, 5.41) is 0. The van der Waals surface area contributed by atoms with Gasteiger partial charge < -0.3 is 18.9 Å². The molecule has 0 aromatic heterocycles. The Hall–Kier alpha value is -2.38. The van der Waals surface area contributed by atoms with E-state index < -0.39 is 47.5 Å². The zero-order valence-electron chi connectivity index (χ0n) is 16.9. The van der Waals surface area contributed by atoms with Gasteiger partial charge in [-0.15, -0.1) is 0 Å². The van der Waals surface area contributed by atoms with E-state index in [1.165, 1.54) is 28.4 Å². The van der Waals surface area contributed by atoms with Gasteiger partial charge in [-0.05, 0) is 41.9 Å². The van der Waals surface area contributed by atoms with Crippen LogP contribution in [-0.4, -0.2) is 52.3 Å². The van der Waals surface area contributed by atoms with Gasteiger partial charge in [0.05, 0.1) is 52.1 Å². The fourth-order valence-corrected chi connectivity index (χ4v) is 7.09. The van der Waals surface area contributed by atoms with Crippen molar-refractivity contribution in [3.05, 3.63) is 12.2 Å². The normalized spacial score (nSPS) is 43.4. The summed E-state index contributed by atoms with van der Waals surface area (Å²) >= 11 is 0. The lowest BCUT2D eigenvalue weighted by molar-refractivity contribution is -0.179.